The zero-order valence-corrected chi connectivity index (χ0v) is 5.49. The average Bonchev–Trinajstić information content (AvgIpc) is 2.07. The Hall–Kier alpha value is -0.110. The maximum Gasteiger partial charge on any atom is 0.161 e. The molecular formula is C7H12FN. The molecule has 2 heteroatoms. The van der Waals surface area contributed by atoms with Gasteiger partial charge in [-0.25, -0.2) is 4.39 Å². The van der Waals surface area contributed by atoms with Gasteiger partial charge >= 0.3 is 0 Å². The molecule has 0 amide bonds. The van der Waals surface area contributed by atoms with E-state index >= 15 is 0 Å². The molecule has 0 radical (unpaired) electrons. The molecule has 1 N–H and O–H groups in total. The molecule has 2 heterocycles. The Morgan fingerprint density at radius 2 is 2.22 bits per heavy atom. The number of alkyl halides is 1. The highest BCUT2D eigenvalue weighted by molar-refractivity contribution is 4.93. The highest BCUT2D eigenvalue weighted by Gasteiger charge is 2.41. The molecule has 1 nitrogen and oxygen atoms in total. The lowest BCUT2D eigenvalue weighted by atomic mass is 10.0. The van der Waals surface area contributed by atoms with Gasteiger partial charge in [-0.2, -0.15) is 0 Å². The standard InChI is InChI=1S/C7H12FN/c8-7-4-1-2-6(9-7)3-5-7/h6,9H,1-5H2. The smallest absolute Gasteiger partial charge is 0.161 e. The van der Waals surface area contributed by atoms with E-state index in [0.717, 1.165) is 25.7 Å². The lowest BCUT2D eigenvalue weighted by Gasteiger charge is -2.26. The molecule has 52 valence electrons. The number of halogens is 1. The molecule has 2 fully saturated rings. The number of piperidine rings is 1. The van der Waals surface area contributed by atoms with Gasteiger partial charge in [0.25, 0.3) is 0 Å². The van der Waals surface area contributed by atoms with Crippen LogP contribution >= 0.6 is 0 Å². The van der Waals surface area contributed by atoms with Crippen LogP contribution in [0.2, 0.25) is 0 Å². The predicted molar refractivity (Wildman–Crippen MR) is 33.8 cm³/mol. The van der Waals surface area contributed by atoms with Crippen molar-refractivity contribution >= 4 is 0 Å². The van der Waals surface area contributed by atoms with Gasteiger partial charge in [-0.3, -0.25) is 5.32 Å². The summed E-state index contributed by atoms with van der Waals surface area (Å²) in [4.78, 5) is 0. The summed E-state index contributed by atoms with van der Waals surface area (Å²) in [6.45, 7) is 0. The molecule has 9 heavy (non-hydrogen) atoms. The van der Waals surface area contributed by atoms with Crippen LogP contribution in [0.15, 0.2) is 0 Å². The molecule has 0 aromatic carbocycles. The van der Waals surface area contributed by atoms with Gasteiger partial charge in [0.1, 0.15) is 0 Å². The van der Waals surface area contributed by atoms with Crippen molar-refractivity contribution in [2.45, 2.75) is 43.9 Å². The van der Waals surface area contributed by atoms with Crippen LogP contribution in [-0.4, -0.2) is 11.8 Å². The van der Waals surface area contributed by atoms with E-state index in [1.54, 1.807) is 0 Å². The van der Waals surface area contributed by atoms with E-state index in [4.69, 9.17) is 0 Å². The van der Waals surface area contributed by atoms with Gasteiger partial charge < -0.3 is 0 Å². The first-order chi connectivity index (χ1) is 4.29. The number of hydrogen-bond donors (Lipinski definition) is 1. The van der Waals surface area contributed by atoms with Gasteiger partial charge in [0.2, 0.25) is 0 Å². The quantitative estimate of drug-likeness (QED) is 0.490. The van der Waals surface area contributed by atoms with Gasteiger partial charge in [0.05, 0.1) is 0 Å². The molecule has 0 aromatic rings. The fraction of sp³-hybridized carbons (Fsp3) is 1.00. The van der Waals surface area contributed by atoms with Crippen molar-refractivity contribution in [3.8, 4) is 0 Å². The van der Waals surface area contributed by atoms with Crippen LogP contribution in [-0.2, 0) is 0 Å². The highest BCUT2D eigenvalue weighted by Crippen LogP contribution is 2.36. The lowest BCUT2D eigenvalue weighted by Crippen LogP contribution is -2.42. The fourth-order valence-corrected chi connectivity index (χ4v) is 1.96. The Morgan fingerprint density at radius 1 is 1.33 bits per heavy atom. The van der Waals surface area contributed by atoms with Crippen LogP contribution in [0.4, 0.5) is 4.39 Å². The van der Waals surface area contributed by atoms with Gasteiger partial charge in [0.15, 0.2) is 5.79 Å². The number of hydrogen-bond acceptors (Lipinski definition) is 1. The van der Waals surface area contributed by atoms with E-state index in [0.29, 0.717) is 6.04 Å². The topological polar surface area (TPSA) is 12.0 Å². The summed E-state index contributed by atoms with van der Waals surface area (Å²) in [5.74, 6) is -0.955. The van der Waals surface area contributed by atoms with Crippen LogP contribution in [0.3, 0.4) is 0 Å². The predicted octanol–water partition coefficient (Wildman–Crippen LogP) is 1.59. The van der Waals surface area contributed by atoms with Crippen LogP contribution in [0.5, 0.6) is 0 Å². The van der Waals surface area contributed by atoms with Crippen molar-refractivity contribution in [1.29, 1.82) is 0 Å². The zero-order valence-electron chi connectivity index (χ0n) is 5.49. The van der Waals surface area contributed by atoms with Gasteiger partial charge in [-0.15, -0.1) is 0 Å². The minimum absolute atomic E-state index is 0.503. The maximum absolute atomic E-state index is 13.2. The SMILES string of the molecule is FC12CCCC(CC1)N2. The Labute approximate surface area is 54.6 Å². The molecule has 0 aliphatic carbocycles. The van der Waals surface area contributed by atoms with E-state index in [1.807, 2.05) is 0 Å². The van der Waals surface area contributed by atoms with Crippen molar-refractivity contribution in [3.05, 3.63) is 0 Å². The summed E-state index contributed by atoms with van der Waals surface area (Å²) in [5.41, 5.74) is 0. The van der Waals surface area contributed by atoms with Gasteiger partial charge in [0, 0.05) is 6.04 Å². The van der Waals surface area contributed by atoms with Crippen LogP contribution in [0, 0.1) is 0 Å². The van der Waals surface area contributed by atoms with Crippen molar-refractivity contribution in [3.63, 3.8) is 0 Å². The highest BCUT2D eigenvalue weighted by atomic mass is 19.1. The van der Waals surface area contributed by atoms with Crippen molar-refractivity contribution in [2.75, 3.05) is 0 Å². The Bertz CT molecular complexity index is 122. The third-order valence-electron chi connectivity index (χ3n) is 2.48. The van der Waals surface area contributed by atoms with Crippen LogP contribution < -0.4 is 5.32 Å². The molecule has 2 aliphatic heterocycles. The van der Waals surface area contributed by atoms with Crippen molar-refractivity contribution < 1.29 is 4.39 Å². The Balaban J connectivity index is 2.13. The average molecular weight is 129 g/mol. The van der Waals surface area contributed by atoms with E-state index in [1.165, 1.54) is 6.42 Å². The third-order valence-corrected chi connectivity index (χ3v) is 2.48. The first kappa shape index (κ1) is 5.66. The minimum atomic E-state index is -0.955. The summed E-state index contributed by atoms with van der Waals surface area (Å²) < 4.78 is 13.2. The molecule has 2 bridgehead atoms. The number of rotatable bonds is 0. The Kier molecular flexibility index (Phi) is 1.06. The van der Waals surface area contributed by atoms with Crippen LogP contribution in [0.25, 0.3) is 0 Å². The summed E-state index contributed by atoms with van der Waals surface area (Å²) in [6, 6.07) is 0.503. The summed E-state index contributed by atoms with van der Waals surface area (Å²) >= 11 is 0. The van der Waals surface area contributed by atoms with Crippen molar-refractivity contribution in [2.24, 2.45) is 0 Å². The second kappa shape index (κ2) is 1.69. The first-order valence-corrected chi connectivity index (χ1v) is 3.75. The molecule has 0 saturated carbocycles. The van der Waals surface area contributed by atoms with Gasteiger partial charge in [-0.1, -0.05) is 0 Å². The molecule has 2 atom stereocenters. The third kappa shape index (κ3) is 0.855. The molecule has 0 aromatic heterocycles. The summed E-state index contributed by atoms with van der Waals surface area (Å²) in [5, 5.41) is 3.00. The lowest BCUT2D eigenvalue weighted by molar-refractivity contribution is 0.100. The van der Waals surface area contributed by atoms with Crippen LogP contribution in [0.1, 0.15) is 32.1 Å². The second-order valence-electron chi connectivity index (χ2n) is 3.24. The molecule has 2 saturated heterocycles. The Morgan fingerprint density at radius 3 is 2.89 bits per heavy atom. The van der Waals surface area contributed by atoms with E-state index in [9.17, 15) is 4.39 Å². The fourth-order valence-electron chi connectivity index (χ4n) is 1.96. The molecule has 2 unspecified atom stereocenters. The normalized spacial score (nSPS) is 49.7. The second-order valence-corrected chi connectivity index (χ2v) is 3.24. The first-order valence-electron chi connectivity index (χ1n) is 3.75. The number of fused-ring (bicyclic) bond motifs is 2. The summed E-state index contributed by atoms with van der Waals surface area (Å²) in [6.07, 6.45) is 4.80. The molecule has 2 aliphatic rings. The minimum Gasteiger partial charge on any atom is -0.282 e. The molecular weight excluding hydrogens is 117 g/mol. The zero-order chi connectivity index (χ0) is 6.32. The number of nitrogens with one attached hydrogen (secondary N) is 1. The van der Waals surface area contributed by atoms with Gasteiger partial charge in [-0.05, 0) is 32.1 Å². The monoisotopic (exact) mass is 129 g/mol. The van der Waals surface area contributed by atoms with E-state index in [-0.39, 0.29) is 0 Å². The van der Waals surface area contributed by atoms with Crippen molar-refractivity contribution in [1.82, 2.24) is 5.32 Å². The molecule has 0 spiro atoms. The molecule has 2 rings (SSSR count). The summed E-state index contributed by atoms with van der Waals surface area (Å²) in [7, 11) is 0. The van der Waals surface area contributed by atoms with E-state index < -0.39 is 5.79 Å². The maximum atomic E-state index is 13.2. The van der Waals surface area contributed by atoms with E-state index in [2.05, 4.69) is 5.32 Å². The largest absolute Gasteiger partial charge is 0.282 e.